The van der Waals surface area contributed by atoms with E-state index >= 15 is 0 Å². The number of carbonyl (C=O) groups is 2. The lowest BCUT2D eigenvalue weighted by Crippen LogP contribution is -2.33. The summed E-state index contributed by atoms with van der Waals surface area (Å²) >= 11 is 5.77. The molecule has 1 aromatic rings. The number of Topliss-reactive ketones (excluding diaryl/α,β-unsaturated/α-hetero) is 1. The van der Waals surface area contributed by atoms with Crippen LogP contribution < -0.4 is 5.73 Å². The number of rotatable bonds is 6. The Balaban J connectivity index is 3.09. The molecule has 0 saturated heterocycles. The fourth-order valence-corrected chi connectivity index (χ4v) is 1.98. The first kappa shape index (κ1) is 15.7. The van der Waals surface area contributed by atoms with E-state index < -0.39 is 5.60 Å². The summed E-state index contributed by atoms with van der Waals surface area (Å²) in [5.74, 6) is -0.383. The summed E-state index contributed by atoms with van der Waals surface area (Å²) in [4.78, 5) is 23.1. The van der Waals surface area contributed by atoms with E-state index in [1.807, 2.05) is 6.92 Å². The van der Waals surface area contributed by atoms with Gasteiger partial charge in [-0.1, -0.05) is 31.5 Å². The maximum atomic E-state index is 11.9. The van der Waals surface area contributed by atoms with Crippen molar-refractivity contribution < 1.29 is 14.7 Å². The van der Waals surface area contributed by atoms with Crippen molar-refractivity contribution >= 4 is 29.4 Å². The van der Waals surface area contributed by atoms with Gasteiger partial charge in [-0.2, -0.15) is 0 Å². The standard InChI is InChI=1S/C14H18ClNO3/c1-3-9(2)13(18)7-14(19,8-17)11-5-4-10(15)6-12(11)16/h4-6,8-9,19H,3,7,16H2,1-2H3. The third-order valence-corrected chi connectivity index (χ3v) is 3.52. The molecule has 0 fully saturated rings. The highest BCUT2D eigenvalue weighted by molar-refractivity contribution is 6.30. The lowest BCUT2D eigenvalue weighted by atomic mass is 9.85. The minimum absolute atomic E-state index is 0.175. The minimum atomic E-state index is -1.89. The predicted molar refractivity (Wildman–Crippen MR) is 74.9 cm³/mol. The quantitative estimate of drug-likeness (QED) is 0.620. The molecule has 0 radical (unpaired) electrons. The van der Waals surface area contributed by atoms with E-state index in [0.29, 0.717) is 17.7 Å². The first-order valence-corrected chi connectivity index (χ1v) is 6.48. The number of hydrogen-bond donors (Lipinski definition) is 2. The van der Waals surface area contributed by atoms with Gasteiger partial charge in [-0.05, 0) is 18.6 Å². The Bertz CT molecular complexity index is 490. The number of halogens is 1. The molecular weight excluding hydrogens is 266 g/mol. The van der Waals surface area contributed by atoms with E-state index in [2.05, 4.69) is 0 Å². The topological polar surface area (TPSA) is 80.4 Å². The van der Waals surface area contributed by atoms with Crippen LogP contribution in [0.2, 0.25) is 5.02 Å². The Morgan fingerprint density at radius 2 is 2.21 bits per heavy atom. The van der Waals surface area contributed by atoms with Crippen molar-refractivity contribution in [3.8, 4) is 0 Å². The second-order valence-corrected chi connectivity index (χ2v) is 5.16. The number of nitrogens with two attached hydrogens (primary N) is 1. The van der Waals surface area contributed by atoms with Crippen LogP contribution in [-0.4, -0.2) is 17.2 Å². The van der Waals surface area contributed by atoms with Crippen molar-refractivity contribution in [2.24, 2.45) is 5.92 Å². The number of ketones is 1. The lowest BCUT2D eigenvalue weighted by Gasteiger charge is -2.24. The summed E-state index contributed by atoms with van der Waals surface area (Å²) in [6, 6.07) is 4.44. The van der Waals surface area contributed by atoms with Gasteiger partial charge in [-0.25, -0.2) is 0 Å². The summed E-state index contributed by atoms with van der Waals surface area (Å²) in [5.41, 5.74) is 4.26. The Hall–Kier alpha value is -1.39. The van der Waals surface area contributed by atoms with E-state index in [1.54, 1.807) is 6.92 Å². The molecule has 0 saturated carbocycles. The largest absolute Gasteiger partial charge is 0.398 e. The van der Waals surface area contributed by atoms with Crippen LogP contribution >= 0.6 is 11.6 Å². The molecule has 1 rings (SSSR count). The van der Waals surface area contributed by atoms with Gasteiger partial charge in [0.2, 0.25) is 0 Å². The maximum absolute atomic E-state index is 11.9. The van der Waals surface area contributed by atoms with Crippen molar-refractivity contribution in [1.29, 1.82) is 0 Å². The van der Waals surface area contributed by atoms with E-state index in [0.717, 1.165) is 0 Å². The van der Waals surface area contributed by atoms with Gasteiger partial charge < -0.3 is 10.8 Å². The summed E-state index contributed by atoms with van der Waals surface area (Å²) < 4.78 is 0. The van der Waals surface area contributed by atoms with Crippen molar-refractivity contribution in [1.82, 2.24) is 0 Å². The Morgan fingerprint density at radius 3 is 2.68 bits per heavy atom. The van der Waals surface area contributed by atoms with Gasteiger partial charge in [-0.15, -0.1) is 0 Å². The summed E-state index contributed by atoms with van der Waals surface area (Å²) in [6.45, 7) is 3.64. The monoisotopic (exact) mass is 283 g/mol. The first-order chi connectivity index (χ1) is 8.84. The van der Waals surface area contributed by atoms with Gasteiger partial charge in [0.25, 0.3) is 0 Å². The molecule has 19 heavy (non-hydrogen) atoms. The first-order valence-electron chi connectivity index (χ1n) is 6.11. The number of benzene rings is 1. The minimum Gasteiger partial charge on any atom is -0.398 e. The van der Waals surface area contributed by atoms with Crippen molar-refractivity contribution in [2.75, 3.05) is 5.73 Å². The van der Waals surface area contributed by atoms with Crippen LogP contribution in [0, 0.1) is 5.92 Å². The second-order valence-electron chi connectivity index (χ2n) is 4.73. The van der Waals surface area contributed by atoms with Crippen molar-refractivity contribution in [3.63, 3.8) is 0 Å². The van der Waals surface area contributed by atoms with Crippen LogP contribution in [0.5, 0.6) is 0 Å². The molecule has 0 spiro atoms. The highest BCUT2D eigenvalue weighted by Crippen LogP contribution is 2.31. The average Bonchev–Trinajstić information content (AvgIpc) is 2.37. The van der Waals surface area contributed by atoms with Gasteiger partial charge in [-0.3, -0.25) is 9.59 Å². The van der Waals surface area contributed by atoms with Crippen LogP contribution in [0.3, 0.4) is 0 Å². The third-order valence-electron chi connectivity index (χ3n) is 3.28. The Morgan fingerprint density at radius 1 is 1.58 bits per heavy atom. The number of aldehydes is 1. The predicted octanol–water partition coefficient (Wildman–Crippen LogP) is 2.31. The molecule has 0 heterocycles. The van der Waals surface area contributed by atoms with E-state index in [4.69, 9.17) is 17.3 Å². The van der Waals surface area contributed by atoms with Gasteiger partial charge >= 0.3 is 0 Å². The zero-order chi connectivity index (χ0) is 14.6. The fourth-order valence-electron chi connectivity index (χ4n) is 1.80. The number of anilines is 1. The van der Waals surface area contributed by atoms with E-state index in [-0.39, 0.29) is 29.4 Å². The SMILES string of the molecule is CCC(C)C(=O)CC(O)(C=O)c1ccc(Cl)cc1N. The fraction of sp³-hybridized carbons (Fsp3) is 0.429. The molecule has 0 aliphatic rings. The van der Waals surface area contributed by atoms with E-state index in [9.17, 15) is 14.7 Å². The van der Waals surface area contributed by atoms with Crippen LogP contribution in [0.4, 0.5) is 5.69 Å². The van der Waals surface area contributed by atoms with Gasteiger partial charge in [0.05, 0.1) is 0 Å². The molecule has 3 N–H and O–H groups in total. The third kappa shape index (κ3) is 3.55. The van der Waals surface area contributed by atoms with Crippen LogP contribution in [-0.2, 0) is 15.2 Å². The molecule has 2 atom stereocenters. The molecule has 2 unspecified atom stereocenters. The normalized spacial score (nSPS) is 15.6. The Labute approximate surface area is 117 Å². The van der Waals surface area contributed by atoms with Gasteiger partial charge in [0.1, 0.15) is 5.78 Å². The molecule has 4 nitrogen and oxygen atoms in total. The molecule has 104 valence electrons. The number of nitrogen functional groups attached to an aromatic ring is 1. The maximum Gasteiger partial charge on any atom is 0.156 e. The highest BCUT2D eigenvalue weighted by Gasteiger charge is 2.34. The molecule has 1 aromatic carbocycles. The number of carbonyl (C=O) groups excluding carboxylic acids is 2. The smallest absolute Gasteiger partial charge is 0.156 e. The zero-order valence-electron chi connectivity index (χ0n) is 11.0. The molecule has 0 amide bonds. The van der Waals surface area contributed by atoms with Crippen LogP contribution in [0.15, 0.2) is 18.2 Å². The summed E-state index contributed by atoms with van der Waals surface area (Å²) in [6.07, 6.45) is 0.730. The molecule has 5 heteroatoms. The van der Waals surface area contributed by atoms with Gasteiger partial charge in [0.15, 0.2) is 11.9 Å². The lowest BCUT2D eigenvalue weighted by molar-refractivity contribution is -0.136. The zero-order valence-corrected chi connectivity index (χ0v) is 11.8. The highest BCUT2D eigenvalue weighted by atomic mass is 35.5. The summed E-state index contributed by atoms with van der Waals surface area (Å²) in [7, 11) is 0. The second kappa shape index (κ2) is 6.17. The molecular formula is C14H18ClNO3. The van der Waals surface area contributed by atoms with Crippen molar-refractivity contribution in [3.05, 3.63) is 28.8 Å². The van der Waals surface area contributed by atoms with Crippen LogP contribution in [0.1, 0.15) is 32.3 Å². The molecule has 0 aromatic heterocycles. The molecule has 0 aliphatic heterocycles. The molecule has 0 aliphatic carbocycles. The number of aliphatic hydroxyl groups is 1. The van der Waals surface area contributed by atoms with Crippen molar-refractivity contribution in [2.45, 2.75) is 32.3 Å². The number of hydrogen-bond acceptors (Lipinski definition) is 4. The van der Waals surface area contributed by atoms with E-state index in [1.165, 1.54) is 18.2 Å². The average molecular weight is 284 g/mol. The molecule has 0 bridgehead atoms. The van der Waals surface area contributed by atoms with Crippen LogP contribution in [0.25, 0.3) is 0 Å². The summed E-state index contributed by atoms with van der Waals surface area (Å²) in [5, 5.41) is 10.8. The Kier molecular flexibility index (Phi) is 5.09. The van der Waals surface area contributed by atoms with Gasteiger partial charge in [0, 0.05) is 28.6 Å².